The van der Waals surface area contributed by atoms with E-state index in [1.54, 1.807) is 6.08 Å². The van der Waals surface area contributed by atoms with Crippen molar-refractivity contribution in [2.24, 2.45) is 5.92 Å². The summed E-state index contributed by atoms with van der Waals surface area (Å²) in [5.74, 6) is 0.305. The van der Waals surface area contributed by atoms with Crippen molar-refractivity contribution in [2.45, 2.75) is 58.8 Å². The predicted molar refractivity (Wildman–Crippen MR) is 101 cm³/mol. The number of hydrogen-bond donors (Lipinski definition) is 0. The van der Waals surface area contributed by atoms with Gasteiger partial charge in [0, 0.05) is 6.08 Å². The highest BCUT2D eigenvalue weighted by atomic mass is 16.5. The average Bonchev–Trinajstić information content (AvgIpc) is 2.63. The van der Waals surface area contributed by atoms with Crippen LogP contribution in [0.4, 0.5) is 0 Å². The molecule has 2 rings (SSSR count). The molecule has 0 aromatic heterocycles. The maximum atomic E-state index is 12.1. The molecule has 2 heteroatoms. The Kier molecular flexibility index (Phi) is 7.81. The lowest BCUT2D eigenvalue weighted by Crippen LogP contribution is -2.13. The number of esters is 1. The highest BCUT2D eigenvalue weighted by molar-refractivity contribution is 5.84. The van der Waals surface area contributed by atoms with E-state index in [-0.39, 0.29) is 5.97 Å². The number of allylic oxidation sites excluding steroid dienone is 3. The predicted octanol–water partition coefficient (Wildman–Crippen LogP) is 5.94. The van der Waals surface area contributed by atoms with Crippen LogP contribution in [0.2, 0.25) is 0 Å². The van der Waals surface area contributed by atoms with Gasteiger partial charge in [-0.1, -0.05) is 69.5 Å². The Hall–Kier alpha value is -1.83. The van der Waals surface area contributed by atoms with Crippen molar-refractivity contribution in [3.8, 4) is 0 Å². The zero-order chi connectivity index (χ0) is 17.2. The first-order valence-corrected chi connectivity index (χ1v) is 9.36. The lowest BCUT2D eigenvalue weighted by molar-refractivity contribution is -0.139. The van der Waals surface area contributed by atoms with Gasteiger partial charge in [0.1, 0.15) is 0 Å². The summed E-state index contributed by atoms with van der Waals surface area (Å²) < 4.78 is 5.49. The van der Waals surface area contributed by atoms with E-state index < -0.39 is 0 Å². The fraction of sp³-hybridized carbons (Fsp3) is 0.500. The molecule has 0 heterocycles. The van der Waals surface area contributed by atoms with Crippen molar-refractivity contribution in [1.82, 2.24) is 0 Å². The van der Waals surface area contributed by atoms with Crippen LogP contribution < -0.4 is 0 Å². The number of carbonyl (C=O) groups is 1. The minimum atomic E-state index is -0.189. The summed E-state index contributed by atoms with van der Waals surface area (Å²) in [6.07, 6.45) is 11.6. The van der Waals surface area contributed by atoms with Gasteiger partial charge in [-0.15, -0.1) is 0 Å². The summed E-state index contributed by atoms with van der Waals surface area (Å²) in [7, 11) is 0. The number of carbonyl (C=O) groups excluding carboxylic acids is 1. The lowest BCUT2D eigenvalue weighted by atomic mass is 9.90. The maximum Gasteiger partial charge on any atom is 0.331 e. The molecule has 1 aromatic rings. The molecule has 1 atom stereocenters. The highest BCUT2D eigenvalue weighted by Gasteiger charge is 2.12. The first-order chi connectivity index (χ1) is 11.7. The van der Waals surface area contributed by atoms with Gasteiger partial charge in [-0.25, -0.2) is 4.79 Å². The fourth-order valence-electron chi connectivity index (χ4n) is 3.14. The van der Waals surface area contributed by atoms with Gasteiger partial charge in [-0.2, -0.15) is 0 Å². The van der Waals surface area contributed by atoms with E-state index in [2.05, 4.69) is 44.2 Å². The molecule has 1 aromatic carbocycles. The van der Waals surface area contributed by atoms with E-state index in [9.17, 15) is 4.79 Å². The van der Waals surface area contributed by atoms with Crippen molar-refractivity contribution in [3.05, 3.63) is 53.6 Å². The molecule has 0 saturated carbocycles. The Labute approximate surface area is 146 Å². The number of ether oxygens (including phenoxy) is 1. The molecule has 0 aliphatic heterocycles. The molecule has 1 aliphatic carbocycles. The third kappa shape index (κ3) is 5.99. The van der Waals surface area contributed by atoms with E-state index in [1.165, 1.54) is 24.0 Å². The zero-order valence-electron chi connectivity index (χ0n) is 15.1. The van der Waals surface area contributed by atoms with Crippen LogP contribution in [-0.2, 0) is 9.53 Å². The van der Waals surface area contributed by atoms with Crippen LogP contribution in [0.25, 0.3) is 5.57 Å². The minimum absolute atomic E-state index is 0.189. The van der Waals surface area contributed by atoms with Crippen LogP contribution in [0.3, 0.4) is 0 Å². The Morgan fingerprint density at radius 1 is 1.21 bits per heavy atom. The Balaban J connectivity index is 1.93. The number of benzene rings is 1. The molecule has 0 spiro atoms. The van der Waals surface area contributed by atoms with Crippen LogP contribution in [0.15, 0.2) is 48.1 Å². The first kappa shape index (κ1) is 18.5. The second-order valence-electron chi connectivity index (χ2n) is 6.65. The summed E-state index contributed by atoms with van der Waals surface area (Å²) in [6, 6.07) is 10.4. The second-order valence-corrected chi connectivity index (χ2v) is 6.65. The maximum absolute atomic E-state index is 12.1. The van der Waals surface area contributed by atoms with E-state index in [0.29, 0.717) is 12.5 Å². The van der Waals surface area contributed by atoms with Gasteiger partial charge in [0.05, 0.1) is 6.61 Å². The number of unbranched alkanes of at least 4 members (excludes halogenated alkanes) is 1. The standard InChI is InChI=1S/C22H30O2/c1-3-5-10-18(4-2)17-24-22(23)16-19-11-9-14-21(15-19)20-12-7-6-8-13-20/h6-8,12-13,15-16,18H,3-5,9-11,14,17H2,1-2H3. The lowest BCUT2D eigenvalue weighted by Gasteiger charge is -2.16. The van der Waals surface area contributed by atoms with Gasteiger partial charge in [-0.3, -0.25) is 0 Å². The molecule has 0 amide bonds. The van der Waals surface area contributed by atoms with Crippen molar-refractivity contribution >= 4 is 11.5 Å². The third-order valence-electron chi connectivity index (χ3n) is 4.72. The number of hydrogen-bond acceptors (Lipinski definition) is 2. The monoisotopic (exact) mass is 326 g/mol. The SMILES string of the molecule is CCCCC(CC)COC(=O)C=C1C=C(c2ccccc2)CCC1. The molecule has 2 nitrogen and oxygen atoms in total. The van der Waals surface area contributed by atoms with E-state index >= 15 is 0 Å². The zero-order valence-corrected chi connectivity index (χ0v) is 15.1. The van der Waals surface area contributed by atoms with Gasteiger partial charge in [0.25, 0.3) is 0 Å². The molecular formula is C22H30O2. The van der Waals surface area contributed by atoms with Crippen molar-refractivity contribution in [3.63, 3.8) is 0 Å². The van der Waals surface area contributed by atoms with Crippen LogP contribution in [0, 0.1) is 5.92 Å². The topological polar surface area (TPSA) is 26.3 Å². The molecule has 24 heavy (non-hydrogen) atoms. The molecular weight excluding hydrogens is 296 g/mol. The van der Waals surface area contributed by atoms with Gasteiger partial charge in [-0.05, 0) is 48.3 Å². The number of rotatable bonds is 8. The summed E-state index contributed by atoms with van der Waals surface area (Å²) >= 11 is 0. The molecule has 0 fully saturated rings. The first-order valence-electron chi connectivity index (χ1n) is 9.36. The Bertz CT molecular complexity index is 569. The fourth-order valence-corrected chi connectivity index (χ4v) is 3.14. The van der Waals surface area contributed by atoms with Crippen molar-refractivity contribution in [1.29, 1.82) is 0 Å². The molecule has 0 N–H and O–H groups in total. The van der Waals surface area contributed by atoms with Crippen LogP contribution in [0.5, 0.6) is 0 Å². The second kappa shape index (κ2) is 10.1. The average molecular weight is 326 g/mol. The summed E-state index contributed by atoms with van der Waals surface area (Å²) in [5.41, 5.74) is 3.66. The molecule has 0 radical (unpaired) electrons. The third-order valence-corrected chi connectivity index (χ3v) is 4.72. The van der Waals surface area contributed by atoms with Gasteiger partial charge >= 0.3 is 5.97 Å². The Morgan fingerprint density at radius 3 is 2.71 bits per heavy atom. The van der Waals surface area contributed by atoms with E-state index in [0.717, 1.165) is 37.7 Å². The summed E-state index contributed by atoms with van der Waals surface area (Å²) in [5, 5.41) is 0. The van der Waals surface area contributed by atoms with E-state index in [1.807, 2.05) is 6.07 Å². The van der Waals surface area contributed by atoms with Crippen LogP contribution >= 0.6 is 0 Å². The van der Waals surface area contributed by atoms with E-state index in [4.69, 9.17) is 4.74 Å². The van der Waals surface area contributed by atoms with Crippen molar-refractivity contribution < 1.29 is 9.53 Å². The quantitative estimate of drug-likeness (QED) is 0.436. The van der Waals surface area contributed by atoms with Gasteiger partial charge < -0.3 is 4.74 Å². The summed E-state index contributed by atoms with van der Waals surface area (Å²) in [6.45, 7) is 4.92. The normalized spacial score (nSPS) is 17.4. The molecule has 1 aliphatic rings. The molecule has 0 bridgehead atoms. The highest BCUT2D eigenvalue weighted by Crippen LogP contribution is 2.29. The molecule has 1 unspecified atom stereocenters. The van der Waals surface area contributed by atoms with Crippen LogP contribution in [0.1, 0.15) is 64.4 Å². The molecule has 0 saturated heterocycles. The van der Waals surface area contributed by atoms with Gasteiger partial charge in [0.15, 0.2) is 0 Å². The minimum Gasteiger partial charge on any atom is -0.462 e. The van der Waals surface area contributed by atoms with Crippen LogP contribution in [-0.4, -0.2) is 12.6 Å². The smallest absolute Gasteiger partial charge is 0.331 e. The Morgan fingerprint density at radius 2 is 2.00 bits per heavy atom. The van der Waals surface area contributed by atoms with Gasteiger partial charge in [0.2, 0.25) is 0 Å². The largest absolute Gasteiger partial charge is 0.462 e. The van der Waals surface area contributed by atoms with Crippen molar-refractivity contribution in [2.75, 3.05) is 6.61 Å². The summed E-state index contributed by atoms with van der Waals surface area (Å²) in [4.78, 5) is 12.1. The molecule has 130 valence electrons.